The fraction of sp³-hybridized carbons (Fsp3) is 0.511. The first kappa shape index (κ1) is 105. The van der Waals surface area contributed by atoms with Crippen LogP contribution in [0.3, 0.4) is 0 Å². The Kier molecular flexibility index (Phi) is 30.2. The molecule has 42 nitrogen and oxygen atoms in total. The van der Waals surface area contributed by atoms with Crippen LogP contribution in [0.2, 0.25) is 0 Å². The number of carbonyl (C=O) groups is 4. The lowest BCUT2D eigenvalue weighted by molar-refractivity contribution is -0.139. The third-order valence-electron chi connectivity index (χ3n) is 24.2. The van der Waals surface area contributed by atoms with Crippen molar-refractivity contribution in [1.82, 2.24) is 38.2 Å². The van der Waals surface area contributed by atoms with Crippen molar-refractivity contribution >= 4 is 78.2 Å². The smallest absolute Gasteiger partial charge is 0.475 e. The summed E-state index contributed by atoms with van der Waals surface area (Å²) >= 11 is 0. The first-order chi connectivity index (χ1) is 68.0. The molecule has 8 fully saturated rings. The van der Waals surface area contributed by atoms with Gasteiger partial charge in [0.15, 0.2) is 24.4 Å². The second-order valence-corrected chi connectivity index (χ2v) is 42.9. The standard InChI is InChI=1S/C23H26F2N3O8P.C23H26F2N3O7P.C22H24F2N3O8P.C22H24F2N3O7P/c1-12(2)35-37(31)32-11-17-19(36-37)23(24,25)21(34-17)28-9-8-18(27-22(28)30)26-20(29)15-7-6-14-5-4-13(3)33-16(14)10-15;1-13(2)34-36(31)32-12-17-19(35-36)23(24,25)21(33-17)28-10-9-18(27-22(28)30)26-20(29)16-8-7-14-5-3-4-6-15(14)11-16;1-11(2)34-36(30)31-10-16-18(35-36)22(23,24)20(33-16)27-7-6-17(26-21(27)29)25-19(28)14-5-4-13-8-12(3)32-15(13)9-14;1-12(2)33-35(30)31-11-16-18(34-35)22(23,24)20(32-16)27-9-8-17(26-21(27)29)25-19(28)15-7-6-13-4-3-5-14(13)10-15/h6-10,12-13,17,19,21H,4-5,11H2,1-3H3,(H,26,27,29,30);7-11,13,17,19,21H,3-6,12H2,1-2H3,(H,26,27,29,30);4-7,9,11-12,16,18,20H,8,10H2,1-3H3,(H,25,26,28,29);6-10,12,16,18,20H,3-5,11H2,1-2H3,(H,25,26,28,29)/t13?,17-,19-,21?,37?;17-,19-,21?,36?;12?,16-,18-,20?,36?;16-,18-,20?,35?/m1111/s1. The number of halogens is 8. The summed E-state index contributed by atoms with van der Waals surface area (Å²) in [7, 11) is -16.9. The number of amides is 4. The highest BCUT2D eigenvalue weighted by molar-refractivity contribution is 7.49. The number of rotatable bonds is 20. The number of ether oxygens (including phenoxy) is 6. The number of hydrogen-bond donors (Lipinski definition) is 4. The van der Waals surface area contributed by atoms with Crippen molar-refractivity contribution in [2.75, 3.05) is 47.7 Å². The molecule has 776 valence electrons. The number of aryl methyl sites for hydroxylation is 5. The summed E-state index contributed by atoms with van der Waals surface area (Å²) in [6, 6.07) is 25.7. The molecule has 14 heterocycles. The highest BCUT2D eigenvalue weighted by Crippen LogP contribution is 2.65. The lowest BCUT2D eigenvalue weighted by Crippen LogP contribution is -2.45. The second kappa shape index (κ2) is 41.4. The second-order valence-electron chi connectivity index (χ2n) is 36.6. The molecular weight excluding hydrogens is 2000 g/mol. The van der Waals surface area contributed by atoms with E-state index in [-0.39, 0.29) is 41.0 Å². The fourth-order valence-corrected chi connectivity index (χ4v) is 24.0. The lowest BCUT2D eigenvalue weighted by Gasteiger charge is -2.32. The summed E-state index contributed by atoms with van der Waals surface area (Å²) in [5, 5.41) is 10.0. The zero-order valence-corrected chi connectivity index (χ0v) is 82.1. The molecule has 0 spiro atoms. The van der Waals surface area contributed by atoms with E-state index in [0.29, 0.717) is 46.5 Å². The predicted molar refractivity (Wildman–Crippen MR) is 486 cm³/mol. The number of phosphoric acid groups is 4. The number of hydrogen-bond acceptors (Lipinski definition) is 34. The summed E-state index contributed by atoms with van der Waals surface area (Å²) in [6.45, 7) is 14.4. The largest absolute Gasteiger partial charge is 0.490 e. The molecular formula is C90H100F8N12O30P4. The van der Waals surface area contributed by atoms with E-state index in [1.165, 1.54) is 35.4 Å². The van der Waals surface area contributed by atoms with Crippen molar-refractivity contribution in [3.8, 4) is 11.5 Å². The zero-order valence-electron chi connectivity index (χ0n) is 78.5. The maximum absolute atomic E-state index is 15.2. The zero-order chi connectivity index (χ0) is 103. The van der Waals surface area contributed by atoms with Gasteiger partial charge in [-0.15, -0.1) is 0 Å². The van der Waals surface area contributed by atoms with E-state index in [1.54, 1.807) is 110 Å². The van der Waals surface area contributed by atoms with Crippen LogP contribution in [0, 0.1) is 0 Å². The molecule has 0 saturated carbocycles. The monoisotopic (exact) mass is 2100 g/mol. The Morgan fingerprint density at radius 1 is 0.354 bits per heavy atom. The Hall–Kier alpha value is -10.4. The molecule has 54 heteroatoms. The summed E-state index contributed by atoms with van der Waals surface area (Å²) < 4.78 is 268. The Balaban J connectivity index is 0.000000132. The minimum atomic E-state index is -4.23. The number of aromatic nitrogens is 8. The molecule has 10 aliphatic heterocycles. The van der Waals surface area contributed by atoms with Gasteiger partial charge in [-0.05, 0) is 233 Å². The van der Waals surface area contributed by atoms with Crippen molar-refractivity contribution < 1.29 is 155 Å². The number of fused-ring (bicyclic) bond motifs is 8. The summed E-state index contributed by atoms with van der Waals surface area (Å²) in [5.74, 6) is -16.3. The molecule has 2 aliphatic carbocycles. The van der Waals surface area contributed by atoms with Crippen LogP contribution >= 0.6 is 31.3 Å². The number of nitrogens with one attached hydrogen (secondary N) is 4. The van der Waals surface area contributed by atoms with Crippen molar-refractivity contribution in [2.24, 2.45) is 0 Å². The Labute approximate surface area is 814 Å². The quantitative estimate of drug-likeness (QED) is 0.0407. The molecule has 4 aromatic heterocycles. The third-order valence-corrected chi connectivity index (χ3v) is 30.8. The molecule has 20 rings (SSSR count). The Morgan fingerprint density at radius 3 is 0.924 bits per heavy atom. The topological polar surface area (TPSA) is 490 Å². The van der Waals surface area contributed by atoms with E-state index in [4.69, 9.17) is 82.7 Å². The number of alkyl halides is 8. The van der Waals surface area contributed by atoms with Crippen molar-refractivity contribution in [3.63, 3.8) is 0 Å². The summed E-state index contributed by atoms with van der Waals surface area (Å²) in [6.07, 6.45) is -10.0. The van der Waals surface area contributed by atoms with Gasteiger partial charge in [-0.2, -0.15) is 55.1 Å². The van der Waals surface area contributed by atoms with Crippen molar-refractivity contribution in [1.29, 1.82) is 0 Å². The minimum Gasteiger partial charge on any atom is -0.490 e. The van der Waals surface area contributed by atoms with E-state index < -0.39 is 226 Å². The van der Waals surface area contributed by atoms with E-state index in [9.17, 15) is 56.6 Å². The lowest BCUT2D eigenvalue weighted by atomic mass is 9.90. The number of carbonyl (C=O) groups excluding carboxylic acids is 4. The van der Waals surface area contributed by atoms with Gasteiger partial charge in [0.05, 0.1) is 56.9 Å². The van der Waals surface area contributed by atoms with Gasteiger partial charge in [-0.3, -0.25) is 91.7 Å². The molecule has 4 aromatic carbocycles. The molecule has 8 saturated heterocycles. The van der Waals surface area contributed by atoms with Gasteiger partial charge in [0.2, 0.25) is 24.9 Å². The normalized spacial score (nSPS) is 29.7. The van der Waals surface area contributed by atoms with Gasteiger partial charge in [-0.1, -0.05) is 24.3 Å². The first-order valence-corrected chi connectivity index (χ1v) is 51.9. The summed E-state index contributed by atoms with van der Waals surface area (Å²) in [4.78, 5) is 116. The van der Waals surface area contributed by atoms with Crippen LogP contribution in [0.5, 0.6) is 11.5 Å². The van der Waals surface area contributed by atoms with E-state index in [0.717, 1.165) is 111 Å². The highest BCUT2D eigenvalue weighted by Gasteiger charge is 2.70. The third kappa shape index (κ3) is 22.5. The van der Waals surface area contributed by atoms with Crippen molar-refractivity contribution in [3.05, 3.63) is 219 Å². The molecule has 0 radical (unpaired) electrons. The fourth-order valence-electron chi connectivity index (χ4n) is 17.7. The van der Waals surface area contributed by atoms with Crippen molar-refractivity contribution in [2.45, 2.75) is 268 Å². The van der Waals surface area contributed by atoms with Crippen LogP contribution < -0.4 is 53.5 Å². The molecule has 8 aromatic rings. The number of phosphoric ester groups is 4. The molecule has 0 bridgehead atoms. The molecule has 10 unspecified atom stereocenters. The van der Waals surface area contributed by atoms with E-state index in [1.807, 2.05) is 32.0 Å². The Bertz CT molecular complexity index is 6740. The molecule has 4 amide bonds. The molecule has 12 aliphatic rings. The average molecular weight is 2110 g/mol. The van der Waals surface area contributed by atoms with Gasteiger partial charge in [-0.25, -0.2) is 37.4 Å². The molecule has 18 atom stereocenters. The summed E-state index contributed by atoms with van der Waals surface area (Å²) in [5.41, 5.74) is 3.73. The minimum absolute atomic E-state index is 0.0129. The van der Waals surface area contributed by atoms with Crippen LogP contribution in [0.1, 0.15) is 195 Å². The maximum atomic E-state index is 15.2. The van der Waals surface area contributed by atoms with Gasteiger partial charge in [0.1, 0.15) is 65.3 Å². The number of benzene rings is 4. The molecule has 4 N–H and O–H groups in total. The van der Waals surface area contributed by atoms with Crippen LogP contribution in [0.25, 0.3) is 0 Å². The van der Waals surface area contributed by atoms with E-state index >= 15 is 35.1 Å². The average Bonchev–Trinajstić information content (AvgIpc) is 1.60. The number of nitrogens with zero attached hydrogens (tertiary/aromatic N) is 8. The van der Waals surface area contributed by atoms with Crippen LogP contribution in [0.4, 0.5) is 58.4 Å². The van der Waals surface area contributed by atoms with Gasteiger partial charge >= 0.3 is 77.7 Å². The van der Waals surface area contributed by atoms with Gasteiger partial charge in [0.25, 0.3) is 23.6 Å². The maximum Gasteiger partial charge on any atom is 0.475 e. The molecule has 144 heavy (non-hydrogen) atoms. The van der Waals surface area contributed by atoms with E-state index in [2.05, 4.69) is 41.2 Å². The predicted octanol–water partition coefficient (Wildman–Crippen LogP) is 14.3. The SMILES string of the molecule is CC(C)OP1(=O)OC[C@H]2OC(n3ccc(NC(=O)c4ccc5c(c4)CCC5)nc3=O)C(F)(F)[C@@H]2O1.CC(C)OP1(=O)OC[C@H]2OC(n3ccc(NC(=O)c4ccc5c(c4)CCCC5)nc3=O)C(F)(F)[C@@H]2O1.CC(C)OP1(=O)OC[C@H]2OC(n3ccc(NC(=O)c4ccc5c(c4)OC(C)C5)nc3=O)C(F)(F)[C@@H]2O1.CC(C)OP1(=O)OC[C@H]2OC(n3ccc(NC(=O)c4ccc5c(c4)OC(C)CC5)nc3=O)C(F)(F)[C@@H]2O1. The highest BCUT2D eigenvalue weighted by atomic mass is 31.2. The van der Waals surface area contributed by atoms with Crippen LogP contribution in [-0.4, -0.2) is 197 Å². The van der Waals surface area contributed by atoms with Crippen LogP contribution in [0.15, 0.2) is 141 Å². The van der Waals surface area contributed by atoms with Gasteiger partial charge in [0, 0.05) is 53.5 Å². The number of anilines is 4. The van der Waals surface area contributed by atoms with Crippen LogP contribution in [-0.2, 0) is 130 Å². The van der Waals surface area contributed by atoms with Gasteiger partial charge < -0.3 is 49.7 Å². The first-order valence-electron chi connectivity index (χ1n) is 46.0. The Morgan fingerprint density at radius 2 is 0.618 bits per heavy atom.